The van der Waals surface area contributed by atoms with Crippen molar-refractivity contribution < 1.29 is 31.9 Å². The zero-order chi connectivity index (χ0) is 12.5. The molecule has 2 aliphatic carbocycles. The van der Waals surface area contributed by atoms with Crippen LogP contribution in [0.25, 0.3) is 0 Å². The molecule has 94 valence electrons. The first-order chi connectivity index (χ1) is 7.83. The summed E-state index contributed by atoms with van der Waals surface area (Å²) in [4.78, 5) is 0. The summed E-state index contributed by atoms with van der Waals surface area (Å²) in [6.45, 7) is 3.86. The van der Waals surface area contributed by atoms with Gasteiger partial charge in [-0.3, -0.25) is 0 Å². The molecule has 2 N–H and O–H groups in total. The summed E-state index contributed by atoms with van der Waals surface area (Å²) in [6, 6.07) is 0. The third kappa shape index (κ3) is 31.5. The van der Waals surface area contributed by atoms with Crippen LogP contribution < -0.4 is 0 Å². The summed E-state index contributed by atoms with van der Waals surface area (Å²) < 4.78 is 0. The predicted octanol–water partition coefficient (Wildman–Crippen LogP) is 2.04. The standard InChI is InChI=1S/2C5H5.2C2H6O.Ti/c2*1-2-4-5-3-1;2*1-2-3;/h2*1-5H;2*3H,2H2,1H3;. The van der Waals surface area contributed by atoms with Crippen molar-refractivity contribution in [3.05, 3.63) is 64.2 Å². The Balaban J connectivity index is -0.000000157. The van der Waals surface area contributed by atoms with Crippen LogP contribution in [0.3, 0.4) is 0 Å². The van der Waals surface area contributed by atoms with E-state index < -0.39 is 0 Å². The van der Waals surface area contributed by atoms with E-state index in [0.29, 0.717) is 0 Å². The summed E-state index contributed by atoms with van der Waals surface area (Å²) in [5, 5.41) is 15.1. The van der Waals surface area contributed by atoms with Crippen molar-refractivity contribution in [1.29, 1.82) is 0 Å². The van der Waals surface area contributed by atoms with Gasteiger partial charge in [0.2, 0.25) is 0 Å². The maximum atomic E-state index is 7.57. The fourth-order valence-electron chi connectivity index (χ4n) is 0.642. The average molecular weight is 270 g/mol. The number of aliphatic hydroxyl groups excluding tert-OH is 2. The first kappa shape index (κ1) is 22.8. The van der Waals surface area contributed by atoms with Gasteiger partial charge in [0.05, 0.1) is 0 Å². The Morgan fingerprint density at radius 3 is 0.647 bits per heavy atom. The molecule has 10 radical (unpaired) electrons. The molecule has 0 unspecified atom stereocenters. The summed E-state index contributed by atoms with van der Waals surface area (Å²) in [6.07, 6.45) is 20.0. The van der Waals surface area contributed by atoms with Crippen LogP contribution in [0.5, 0.6) is 0 Å². The second kappa shape index (κ2) is 25.5. The van der Waals surface area contributed by atoms with Crippen molar-refractivity contribution in [3.8, 4) is 0 Å². The van der Waals surface area contributed by atoms with Gasteiger partial charge in [0.15, 0.2) is 0 Å². The molecule has 0 aromatic carbocycles. The minimum absolute atomic E-state index is 0. The Kier molecular flexibility index (Phi) is 34.1. The van der Waals surface area contributed by atoms with Crippen LogP contribution in [-0.2, 0) is 21.7 Å². The topological polar surface area (TPSA) is 40.5 Å². The first-order valence-corrected chi connectivity index (χ1v) is 5.38. The molecule has 2 saturated carbocycles. The molecule has 0 atom stereocenters. The van der Waals surface area contributed by atoms with Crippen LogP contribution in [0, 0.1) is 64.2 Å². The number of hydrogen-bond acceptors (Lipinski definition) is 2. The quantitative estimate of drug-likeness (QED) is 0.661. The van der Waals surface area contributed by atoms with Crippen LogP contribution in [0.2, 0.25) is 0 Å². The van der Waals surface area contributed by atoms with Crippen molar-refractivity contribution in [2.24, 2.45) is 0 Å². The average Bonchev–Trinajstić information content (AvgIpc) is 3.00. The maximum Gasteiger partial charge on any atom is 0.0402 e. The van der Waals surface area contributed by atoms with Gasteiger partial charge in [-0.2, -0.15) is 0 Å². The molecule has 0 spiro atoms. The minimum Gasteiger partial charge on any atom is -0.397 e. The Morgan fingerprint density at radius 1 is 0.529 bits per heavy atom. The molecule has 2 fully saturated rings. The van der Waals surface area contributed by atoms with Gasteiger partial charge in [-0.05, 0) is 78.1 Å². The van der Waals surface area contributed by atoms with E-state index in [9.17, 15) is 0 Å². The van der Waals surface area contributed by atoms with Gasteiger partial charge in [-0.1, -0.05) is 0 Å². The Bertz CT molecular complexity index is 65.0. The van der Waals surface area contributed by atoms with Gasteiger partial charge in [0.1, 0.15) is 0 Å². The summed E-state index contributed by atoms with van der Waals surface area (Å²) in [5.41, 5.74) is 0. The van der Waals surface area contributed by atoms with Crippen molar-refractivity contribution in [2.45, 2.75) is 13.8 Å². The maximum absolute atomic E-state index is 7.57. The molecule has 0 saturated heterocycles. The molecule has 0 aliphatic heterocycles. The van der Waals surface area contributed by atoms with Crippen LogP contribution in [0.15, 0.2) is 0 Å². The number of hydrogen-bond donors (Lipinski definition) is 2. The fraction of sp³-hybridized carbons (Fsp3) is 0.286. The fourth-order valence-corrected chi connectivity index (χ4v) is 0.642. The number of aliphatic hydroxyl groups is 2. The third-order valence-electron chi connectivity index (χ3n) is 1.11. The van der Waals surface area contributed by atoms with E-state index in [0.717, 1.165) is 0 Å². The van der Waals surface area contributed by atoms with E-state index in [2.05, 4.69) is 0 Å². The molecular formula is C14H22O2Ti. The zero-order valence-corrected chi connectivity index (χ0v) is 12.1. The van der Waals surface area contributed by atoms with Crippen molar-refractivity contribution >= 4 is 0 Å². The van der Waals surface area contributed by atoms with Gasteiger partial charge in [0, 0.05) is 34.9 Å². The molecule has 2 aliphatic rings. The summed E-state index contributed by atoms with van der Waals surface area (Å²) in [7, 11) is 0. The molecule has 0 heterocycles. The normalized spacial score (nSPS) is 16.2. The molecule has 2 nitrogen and oxygen atoms in total. The van der Waals surface area contributed by atoms with Gasteiger partial charge in [-0.25, -0.2) is 0 Å². The van der Waals surface area contributed by atoms with Crippen molar-refractivity contribution in [2.75, 3.05) is 13.2 Å². The van der Waals surface area contributed by atoms with Crippen LogP contribution in [0.1, 0.15) is 13.8 Å². The molecule has 0 amide bonds. The predicted molar refractivity (Wildman–Crippen MR) is 68.5 cm³/mol. The van der Waals surface area contributed by atoms with Crippen LogP contribution in [0.4, 0.5) is 0 Å². The van der Waals surface area contributed by atoms with Gasteiger partial charge < -0.3 is 10.2 Å². The molecule has 17 heavy (non-hydrogen) atoms. The second-order valence-electron chi connectivity index (χ2n) is 2.56. The molecule has 2 rings (SSSR count). The van der Waals surface area contributed by atoms with Crippen LogP contribution in [-0.4, -0.2) is 23.4 Å². The van der Waals surface area contributed by atoms with E-state index in [1.807, 2.05) is 64.2 Å². The molecule has 0 bridgehead atoms. The first-order valence-electron chi connectivity index (χ1n) is 5.38. The van der Waals surface area contributed by atoms with E-state index >= 15 is 0 Å². The Hall–Kier alpha value is 0.634. The smallest absolute Gasteiger partial charge is 0.0402 e. The van der Waals surface area contributed by atoms with Crippen molar-refractivity contribution in [3.63, 3.8) is 0 Å². The Morgan fingerprint density at radius 2 is 0.588 bits per heavy atom. The largest absolute Gasteiger partial charge is 0.397 e. The Labute approximate surface area is 123 Å². The second-order valence-corrected chi connectivity index (χ2v) is 2.56. The molecule has 0 aromatic rings. The van der Waals surface area contributed by atoms with Gasteiger partial charge in [0.25, 0.3) is 0 Å². The van der Waals surface area contributed by atoms with E-state index in [-0.39, 0.29) is 34.9 Å². The summed E-state index contributed by atoms with van der Waals surface area (Å²) >= 11 is 0. The minimum atomic E-state index is 0. The monoisotopic (exact) mass is 270 g/mol. The molecular weight excluding hydrogens is 248 g/mol. The zero-order valence-electron chi connectivity index (χ0n) is 10.6. The van der Waals surface area contributed by atoms with Gasteiger partial charge >= 0.3 is 0 Å². The van der Waals surface area contributed by atoms with E-state index in [1.54, 1.807) is 13.8 Å². The van der Waals surface area contributed by atoms with Crippen LogP contribution >= 0.6 is 0 Å². The summed E-state index contributed by atoms with van der Waals surface area (Å²) in [5.74, 6) is 0. The molecule has 0 aromatic heterocycles. The number of rotatable bonds is 0. The SMILES string of the molecule is CCO.CCO.[CH]1[CH][CH][CH][CH]1.[CH]1[CH][CH][CH][CH]1.[Ti]. The van der Waals surface area contributed by atoms with Crippen molar-refractivity contribution in [1.82, 2.24) is 0 Å². The third-order valence-corrected chi connectivity index (χ3v) is 1.11. The van der Waals surface area contributed by atoms with Gasteiger partial charge in [-0.15, -0.1) is 0 Å². The van der Waals surface area contributed by atoms with E-state index in [1.165, 1.54) is 0 Å². The van der Waals surface area contributed by atoms with E-state index in [4.69, 9.17) is 10.2 Å². The molecule has 3 heteroatoms.